The molecule has 0 fully saturated rings. The molecule has 0 amide bonds. The maximum absolute atomic E-state index is 5.96. The Morgan fingerprint density at radius 2 is 1.35 bits per heavy atom. The quantitative estimate of drug-likeness (QED) is 0.728. The van der Waals surface area contributed by atoms with Crippen LogP contribution in [0, 0.1) is 0 Å². The topological polar surface area (TPSA) is 79.5 Å². The molecule has 26 heavy (non-hydrogen) atoms. The van der Waals surface area contributed by atoms with Crippen molar-refractivity contribution in [2.45, 2.75) is 0 Å². The molecule has 0 saturated heterocycles. The van der Waals surface area contributed by atoms with Gasteiger partial charge in [-0.1, -0.05) is 23.7 Å². The minimum absolute atomic E-state index is 0.157. The highest BCUT2D eigenvalue weighted by molar-refractivity contribution is 6.30. The molecule has 1 heterocycles. The predicted molar refractivity (Wildman–Crippen MR) is 102 cm³/mol. The van der Waals surface area contributed by atoms with E-state index in [-0.39, 0.29) is 5.95 Å². The van der Waals surface area contributed by atoms with Gasteiger partial charge in [-0.25, -0.2) is 9.97 Å². The van der Waals surface area contributed by atoms with Crippen molar-refractivity contribution in [3.63, 3.8) is 0 Å². The van der Waals surface area contributed by atoms with E-state index in [0.717, 1.165) is 11.1 Å². The van der Waals surface area contributed by atoms with Crippen LogP contribution in [0.3, 0.4) is 0 Å². The summed E-state index contributed by atoms with van der Waals surface area (Å²) in [6.45, 7) is 0. The van der Waals surface area contributed by atoms with Crippen LogP contribution in [-0.4, -0.2) is 31.3 Å². The van der Waals surface area contributed by atoms with E-state index in [1.807, 2.05) is 18.2 Å². The van der Waals surface area contributed by atoms with E-state index in [4.69, 9.17) is 31.5 Å². The zero-order chi connectivity index (χ0) is 18.7. The van der Waals surface area contributed by atoms with Crippen LogP contribution in [0.5, 0.6) is 17.2 Å². The van der Waals surface area contributed by atoms with Crippen LogP contribution in [0.1, 0.15) is 0 Å². The van der Waals surface area contributed by atoms with Crippen LogP contribution in [0.2, 0.25) is 5.02 Å². The molecule has 0 aliphatic carbocycles. The van der Waals surface area contributed by atoms with E-state index in [0.29, 0.717) is 33.7 Å². The van der Waals surface area contributed by atoms with Crippen LogP contribution in [0.4, 0.5) is 5.95 Å². The van der Waals surface area contributed by atoms with Gasteiger partial charge in [-0.2, -0.15) is 0 Å². The first-order chi connectivity index (χ1) is 12.5. The van der Waals surface area contributed by atoms with Gasteiger partial charge < -0.3 is 19.9 Å². The van der Waals surface area contributed by atoms with E-state index in [9.17, 15) is 0 Å². The molecule has 0 atom stereocenters. The summed E-state index contributed by atoms with van der Waals surface area (Å²) in [4.78, 5) is 8.67. The minimum atomic E-state index is 0.157. The van der Waals surface area contributed by atoms with Gasteiger partial charge >= 0.3 is 0 Å². The van der Waals surface area contributed by atoms with Crippen LogP contribution >= 0.6 is 11.6 Å². The third-order valence-electron chi connectivity index (χ3n) is 3.87. The predicted octanol–water partition coefficient (Wildman–Crippen LogP) is 4.07. The molecule has 0 bridgehead atoms. The highest BCUT2D eigenvalue weighted by atomic mass is 35.5. The van der Waals surface area contributed by atoms with Gasteiger partial charge in [-0.05, 0) is 24.3 Å². The molecular formula is C19H18ClN3O3. The normalized spacial score (nSPS) is 10.5. The molecule has 6 nitrogen and oxygen atoms in total. The third-order valence-corrected chi connectivity index (χ3v) is 4.12. The van der Waals surface area contributed by atoms with Gasteiger partial charge in [-0.3, -0.25) is 0 Å². The van der Waals surface area contributed by atoms with Crippen molar-refractivity contribution >= 4 is 17.5 Å². The lowest BCUT2D eigenvalue weighted by Gasteiger charge is -2.14. The highest BCUT2D eigenvalue weighted by Crippen LogP contribution is 2.40. The van der Waals surface area contributed by atoms with Crippen molar-refractivity contribution in [1.82, 2.24) is 9.97 Å². The molecular weight excluding hydrogens is 354 g/mol. The number of nitrogen functional groups attached to an aromatic ring is 1. The Bertz CT molecular complexity index is 930. The van der Waals surface area contributed by atoms with E-state index in [2.05, 4.69) is 9.97 Å². The molecule has 0 saturated carbocycles. The number of hydrogen-bond acceptors (Lipinski definition) is 6. The fourth-order valence-electron chi connectivity index (χ4n) is 2.60. The molecule has 3 aromatic rings. The Kier molecular flexibility index (Phi) is 5.14. The van der Waals surface area contributed by atoms with Gasteiger partial charge in [-0.15, -0.1) is 0 Å². The first-order valence-corrected chi connectivity index (χ1v) is 8.14. The lowest BCUT2D eigenvalue weighted by Crippen LogP contribution is -2.00. The Hall–Kier alpha value is -2.99. The summed E-state index contributed by atoms with van der Waals surface area (Å²) in [6.07, 6.45) is 0. The molecule has 7 heteroatoms. The lowest BCUT2D eigenvalue weighted by atomic mass is 10.1. The van der Waals surface area contributed by atoms with Crippen molar-refractivity contribution < 1.29 is 14.2 Å². The van der Waals surface area contributed by atoms with Gasteiger partial charge in [0.1, 0.15) is 5.75 Å². The summed E-state index contributed by atoms with van der Waals surface area (Å²) in [5.74, 6) is 1.87. The van der Waals surface area contributed by atoms with Crippen molar-refractivity contribution in [1.29, 1.82) is 0 Å². The lowest BCUT2D eigenvalue weighted by molar-refractivity contribution is 0.349. The molecule has 0 unspecified atom stereocenters. The molecule has 0 aliphatic rings. The van der Waals surface area contributed by atoms with Crippen LogP contribution in [0.15, 0.2) is 42.5 Å². The number of ether oxygens (including phenoxy) is 3. The summed E-state index contributed by atoms with van der Waals surface area (Å²) in [5.41, 5.74) is 8.83. The number of nitrogens with zero attached hydrogens (tertiary/aromatic N) is 2. The van der Waals surface area contributed by atoms with Crippen molar-refractivity contribution in [2.75, 3.05) is 27.1 Å². The van der Waals surface area contributed by atoms with Crippen LogP contribution in [0.25, 0.3) is 22.5 Å². The summed E-state index contributed by atoms with van der Waals surface area (Å²) in [7, 11) is 4.72. The number of hydrogen-bond donors (Lipinski definition) is 1. The first-order valence-electron chi connectivity index (χ1n) is 7.76. The van der Waals surface area contributed by atoms with E-state index < -0.39 is 0 Å². The molecule has 2 N–H and O–H groups in total. The summed E-state index contributed by atoms with van der Waals surface area (Å²) < 4.78 is 16.2. The number of halogens is 1. The smallest absolute Gasteiger partial charge is 0.221 e. The second-order valence-corrected chi connectivity index (χ2v) is 5.85. The zero-order valence-corrected chi connectivity index (χ0v) is 15.4. The number of nitrogens with two attached hydrogens (primary N) is 1. The summed E-state index contributed by atoms with van der Waals surface area (Å²) in [6, 6.07) is 12.7. The number of anilines is 1. The van der Waals surface area contributed by atoms with E-state index in [1.165, 1.54) is 0 Å². The first kappa shape index (κ1) is 17.8. The monoisotopic (exact) mass is 371 g/mol. The van der Waals surface area contributed by atoms with Crippen LogP contribution < -0.4 is 19.9 Å². The number of rotatable bonds is 5. The summed E-state index contributed by atoms with van der Waals surface area (Å²) >= 11 is 5.96. The van der Waals surface area contributed by atoms with Gasteiger partial charge in [0.05, 0.1) is 32.7 Å². The Labute approximate surface area is 156 Å². The standard InChI is InChI=1S/C19H18ClN3O3/c1-24-16-10-18(26-3)17(25-2)8-13(16)15-9-14(22-19(21)23-15)11-4-6-12(20)7-5-11/h4-10H,1-3H3,(H2,21,22,23). The van der Waals surface area contributed by atoms with Gasteiger partial charge in [0, 0.05) is 22.2 Å². The van der Waals surface area contributed by atoms with Crippen molar-refractivity contribution in [2.24, 2.45) is 0 Å². The Balaban J connectivity index is 2.16. The molecule has 0 radical (unpaired) electrons. The van der Waals surface area contributed by atoms with Crippen molar-refractivity contribution in [3.05, 3.63) is 47.5 Å². The minimum Gasteiger partial charge on any atom is -0.496 e. The maximum Gasteiger partial charge on any atom is 0.221 e. The highest BCUT2D eigenvalue weighted by Gasteiger charge is 2.16. The maximum atomic E-state index is 5.96. The average molecular weight is 372 g/mol. The van der Waals surface area contributed by atoms with Gasteiger partial charge in [0.15, 0.2) is 11.5 Å². The second kappa shape index (κ2) is 7.49. The number of benzene rings is 2. The zero-order valence-electron chi connectivity index (χ0n) is 14.6. The Morgan fingerprint density at radius 3 is 1.96 bits per heavy atom. The average Bonchev–Trinajstić information content (AvgIpc) is 2.66. The molecule has 0 aliphatic heterocycles. The van der Waals surface area contributed by atoms with Crippen LogP contribution in [-0.2, 0) is 0 Å². The van der Waals surface area contributed by atoms with Gasteiger partial charge in [0.2, 0.25) is 5.95 Å². The Morgan fingerprint density at radius 1 is 0.769 bits per heavy atom. The third kappa shape index (κ3) is 3.50. The van der Waals surface area contributed by atoms with E-state index in [1.54, 1.807) is 45.6 Å². The molecule has 2 aromatic carbocycles. The van der Waals surface area contributed by atoms with Crippen molar-refractivity contribution in [3.8, 4) is 39.8 Å². The number of methoxy groups -OCH3 is 3. The SMILES string of the molecule is COc1cc(OC)c(-c2cc(-c3ccc(Cl)cc3)nc(N)n2)cc1OC. The number of aromatic nitrogens is 2. The van der Waals surface area contributed by atoms with E-state index >= 15 is 0 Å². The molecule has 1 aromatic heterocycles. The molecule has 3 rings (SSSR count). The largest absolute Gasteiger partial charge is 0.496 e. The second-order valence-electron chi connectivity index (χ2n) is 5.41. The summed E-state index contributed by atoms with van der Waals surface area (Å²) in [5, 5.41) is 0.651. The fraction of sp³-hybridized carbons (Fsp3) is 0.158. The fourth-order valence-corrected chi connectivity index (χ4v) is 2.73. The van der Waals surface area contributed by atoms with Gasteiger partial charge in [0.25, 0.3) is 0 Å². The molecule has 134 valence electrons. The molecule has 0 spiro atoms.